The average molecular weight is 210 g/mol. The fourth-order valence-electron chi connectivity index (χ4n) is 2.34. The van der Waals surface area contributed by atoms with E-state index < -0.39 is 0 Å². The van der Waals surface area contributed by atoms with E-state index in [0.29, 0.717) is 6.04 Å². The van der Waals surface area contributed by atoms with Crippen LogP contribution >= 0.6 is 0 Å². The first-order chi connectivity index (χ1) is 7.17. The Bertz CT molecular complexity index is 207. The van der Waals surface area contributed by atoms with Crippen LogP contribution in [0.1, 0.15) is 40.0 Å². The zero-order valence-electron chi connectivity index (χ0n) is 10.5. The van der Waals surface area contributed by atoms with Crippen molar-refractivity contribution in [3.8, 4) is 0 Å². The average Bonchev–Trinajstić information content (AvgIpc) is 2.25. The first-order valence-corrected chi connectivity index (χ1v) is 6.24. The third kappa shape index (κ3) is 3.96. The Labute approximate surface area is 94.5 Å². The number of hydrogen-bond acceptors (Lipinski definition) is 2. The predicted octanol–water partition coefficient (Wildman–Crippen LogP) is 2.40. The van der Waals surface area contributed by atoms with Gasteiger partial charge in [-0.15, -0.1) is 0 Å². The van der Waals surface area contributed by atoms with E-state index in [1.807, 2.05) is 0 Å². The van der Waals surface area contributed by atoms with Gasteiger partial charge in [0.25, 0.3) is 0 Å². The molecule has 0 saturated carbocycles. The Kier molecular flexibility index (Phi) is 5.34. The molecule has 0 radical (unpaired) electrons. The second-order valence-corrected chi connectivity index (χ2v) is 4.96. The summed E-state index contributed by atoms with van der Waals surface area (Å²) in [5, 5.41) is 0. The molecule has 1 rings (SSSR count). The minimum atomic E-state index is 0.610. The normalized spacial score (nSPS) is 27.7. The summed E-state index contributed by atoms with van der Waals surface area (Å²) in [4.78, 5) is 2.54. The van der Waals surface area contributed by atoms with Crippen LogP contribution in [0.3, 0.4) is 0 Å². The fourth-order valence-corrected chi connectivity index (χ4v) is 2.34. The molecule has 1 aliphatic rings. The van der Waals surface area contributed by atoms with Crippen molar-refractivity contribution in [2.24, 2.45) is 11.7 Å². The number of hydrogen-bond donors (Lipinski definition) is 1. The lowest BCUT2D eigenvalue weighted by Gasteiger charge is -2.38. The van der Waals surface area contributed by atoms with Gasteiger partial charge in [0.05, 0.1) is 0 Å². The van der Waals surface area contributed by atoms with Gasteiger partial charge in [-0.2, -0.15) is 0 Å². The van der Waals surface area contributed by atoms with Crippen molar-refractivity contribution in [1.29, 1.82) is 0 Å². The molecule has 1 heterocycles. The van der Waals surface area contributed by atoms with Crippen LogP contribution in [-0.4, -0.2) is 30.6 Å². The van der Waals surface area contributed by atoms with Gasteiger partial charge >= 0.3 is 0 Å². The largest absolute Gasteiger partial charge is 0.329 e. The molecule has 0 aromatic heterocycles. The van der Waals surface area contributed by atoms with E-state index in [4.69, 9.17) is 5.73 Å². The van der Waals surface area contributed by atoms with Crippen molar-refractivity contribution in [3.63, 3.8) is 0 Å². The Balaban J connectivity index is 2.47. The molecule has 0 amide bonds. The van der Waals surface area contributed by atoms with E-state index in [9.17, 15) is 0 Å². The molecule has 2 atom stereocenters. The molecule has 88 valence electrons. The van der Waals surface area contributed by atoms with Gasteiger partial charge in [-0.25, -0.2) is 0 Å². The molecular formula is C13H26N2. The predicted molar refractivity (Wildman–Crippen MR) is 66.9 cm³/mol. The lowest BCUT2D eigenvalue weighted by Crippen LogP contribution is -2.46. The standard InChI is InChI=1S/C13H26N2/c1-4-12-6-8-15(7-5-11(2)3)13(9-12)10-14/h5,12-13H,4,6-10,14H2,1-3H3. The second-order valence-electron chi connectivity index (χ2n) is 4.96. The zero-order chi connectivity index (χ0) is 11.3. The molecule has 0 aromatic carbocycles. The SMILES string of the molecule is CCC1CCN(CC=C(C)C)C(CN)C1. The molecule has 0 bridgehead atoms. The summed E-state index contributed by atoms with van der Waals surface area (Å²) in [5.74, 6) is 0.904. The van der Waals surface area contributed by atoms with Gasteiger partial charge in [0, 0.05) is 19.1 Å². The Morgan fingerprint density at radius 1 is 1.47 bits per heavy atom. The maximum atomic E-state index is 5.85. The maximum absolute atomic E-state index is 5.85. The molecule has 0 aliphatic carbocycles. The number of rotatable bonds is 4. The first kappa shape index (κ1) is 12.7. The lowest BCUT2D eigenvalue weighted by molar-refractivity contribution is 0.128. The van der Waals surface area contributed by atoms with Crippen molar-refractivity contribution in [2.45, 2.75) is 46.1 Å². The summed E-state index contributed by atoms with van der Waals surface area (Å²) in [7, 11) is 0. The summed E-state index contributed by atoms with van der Waals surface area (Å²) in [6.07, 6.45) is 6.27. The Morgan fingerprint density at radius 3 is 2.73 bits per heavy atom. The van der Waals surface area contributed by atoms with Crippen LogP contribution in [0.2, 0.25) is 0 Å². The molecule has 2 unspecified atom stereocenters. The number of nitrogens with two attached hydrogens (primary N) is 1. The highest BCUT2D eigenvalue weighted by atomic mass is 15.2. The van der Waals surface area contributed by atoms with Gasteiger partial charge in [-0.05, 0) is 39.2 Å². The number of nitrogens with zero attached hydrogens (tertiary/aromatic N) is 1. The molecule has 1 saturated heterocycles. The highest BCUT2D eigenvalue weighted by molar-refractivity contribution is 4.97. The molecule has 2 nitrogen and oxygen atoms in total. The molecule has 0 aromatic rings. The van der Waals surface area contributed by atoms with Crippen molar-refractivity contribution >= 4 is 0 Å². The molecule has 1 aliphatic heterocycles. The van der Waals surface area contributed by atoms with Crippen LogP contribution in [0, 0.1) is 5.92 Å². The third-order valence-electron chi connectivity index (χ3n) is 3.53. The Hall–Kier alpha value is -0.340. The molecule has 15 heavy (non-hydrogen) atoms. The highest BCUT2D eigenvalue weighted by Crippen LogP contribution is 2.24. The summed E-state index contributed by atoms with van der Waals surface area (Å²) in [5.41, 5.74) is 7.26. The number of allylic oxidation sites excluding steroid dienone is 1. The summed E-state index contributed by atoms with van der Waals surface area (Å²) in [6.45, 7) is 9.74. The van der Waals surface area contributed by atoms with E-state index in [1.165, 1.54) is 31.4 Å². The lowest BCUT2D eigenvalue weighted by atomic mass is 9.89. The van der Waals surface area contributed by atoms with Crippen LogP contribution in [0.5, 0.6) is 0 Å². The summed E-state index contributed by atoms with van der Waals surface area (Å²) < 4.78 is 0. The molecule has 2 heteroatoms. The van der Waals surface area contributed by atoms with Gasteiger partial charge in [-0.1, -0.05) is 25.0 Å². The van der Waals surface area contributed by atoms with E-state index in [-0.39, 0.29) is 0 Å². The minimum absolute atomic E-state index is 0.610. The van der Waals surface area contributed by atoms with E-state index >= 15 is 0 Å². The molecular weight excluding hydrogens is 184 g/mol. The van der Waals surface area contributed by atoms with Crippen molar-refractivity contribution in [3.05, 3.63) is 11.6 Å². The van der Waals surface area contributed by atoms with E-state index in [0.717, 1.165) is 19.0 Å². The van der Waals surface area contributed by atoms with Gasteiger partial charge in [0.2, 0.25) is 0 Å². The van der Waals surface area contributed by atoms with Gasteiger partial charge in [-0.3, -0.25) is 4.90 Å². The smallest absolute Gasteiger partial charge is 0.0224 e. The van der Waals surface area contributed by atoms with Gasteiger partial charge in [0.15, 0.2) is 0 Å². The fraction of sp³-hybridized carbons (Fsp3) is 0.846. The quantitative estimate of drug-likeness (QED) is 0.722. The second kappa shape index (κ2) is 6.29. The Morgan fingerprint density at radius 2 is 2.20 bits per heavy atom. The van der Waals surface area contributed by atoms with Crippen molar-refractivity contribution < 1.29 is 0 Å². The highest BCUT2D eigenvalue weighted by Gasteiger charge is 2.25. The minimum Gasteiger partial charge on any atom is -0.329 e. The summed E-state index contributed by atoms with van der Waals surface area (Å²) in [6, 6.07) is 0.610. The van der Waals surface area contributed by atoms with Crippen LogP contribution in [0.25, 0.3) is 0 Å². The monoisotopic (exact) mass is 210 g/mol. The van der Waals surface area contributed by atoms with E-state index in [2.05, 4.69) is 31.7 Å². The van der Waals surface area contributed by atoms with Crippen molar-refractivity contribution in [1.82, 2.24) is 4.90 Å². The van der Waals surface area contributed by atoms with Crippen LogP contribution in [0.15, 0.2) is 11.6 Å². The number of piperidine rings is 1. The van der Waals surface area contributed by atoms with Crippen LogP contribution < -0.4 is 5.73 Å². The van der Waals surface area contributed by atoms with Gasteiger partial charge in [0.1, 0.15) is 0 Å². The maximum Gasteiger partial charge on any atom is 0.0224 e. The van der Waals surface area contributed by atoms with Crippen LogP contribution in [-0.2, 0) is 0 Å². The van der Waals surface area contributed by atoms with E-state index in [1.54, 1.807) is 0 Å². The number of likely N-dealkylation sites (tertiary alicyclic amines) is 1. The summed E-state index contributed by atoms with van der Waals surface area (Å²) >= 11 is 0. The molecule has 1 fully saturated rings. The van der Waals surface area contributed by atoms with Crippen molar-refractivity contribution in [2.75, 3.05) is 19.6 Å². The molecule has 2 N–H and O–H groups in total. The zero-order valence-corrected chi connectivity index (χ0v) is 10.5. The topological polar surface area (TPSA) is 29.3 Å². The van der Waals surface area contributed by atoms with Crippen LogP contribution in [0.4, 0.5) is 0 Å². The molecule has 0 spiro atoms. The third-order valence-corrected chi connectivity index (χ3v) is 3.53. The first-order valence-electron chi connectivity index (χ1n) is 6.24. The van der Waals surface area contributed by atoms with Gasteiger partial charge < -0.3 is 5.73 Å².